The van der Waals surface area contributed by atoms with Crippen molar-refractivity contribution in [2.24, 2.45) is 11.7 Å². The van der Waals surface area contributed by atoms with E-state index < -0.39 is 0 Å². The van der Waals surface area contributed by atoms with Gasteiger partial charge in [0.05, 0.1) is 13.1 Å². The van der Waals surface area contributed by atoms with Gasteiger partial charge < -0.3 is 16.0 Å². The van der Waals surface area contributed by atoms with Crippen molar-refractivity contribution in [3.8, 4) is 0 Å². The molecular formula is C10H20ClN3O2. The molecule has 94 valence electrons. The molecule has 0 aromatic carbocycles. The fourth-order valence-corrected chi connectivity index (χ4v) is 1.55. The maximum Gasteiger partial charge on any atom is 0.241 e. The molecule has 1 rings (SSSR count). The Morgan fingerprint density at radius 1 is 1.44 bits per heavy atom. The zero-order chi connectivity index (χ0) is 11.3. The smallest absolute Gasteiger partial charge is 0.241 e. The molecule has 2 amide bonds. The van der Waals surface area contributed by atoms with Crippen LogP contribution < -0.4 is 11.1 Å². The summed E-state index contributed by atoms with van der Waals surface area (Å²) in [6.45, 7) is 0.788. The number of carbonyl (C=O) groups is 2. The molecule has 0 aliphatic heterocycles. The Hall–Kier alpha value is -0.810. The lowest BCUT2D eigenvalue weighted by atomic mass is 9.85. The molecule has 0 bridgehead atoms. The van der Waals surface area contributed by atoms with E-state index in [2.05, 4.69) is 5.32 Å². The maximum absolute atomic E-state index is 11.5. The summed E-state index contributed by atoms with van der Waals surface area (Å²) in [6, 6.07) is 0. The number of halogens is 1. The topological polar surface area (TPSA) is 75.4 Å². The van der Waals surface area contributed by atoms with E-state index in [0.29, 0.717) is 5.92 Å². The first-order chi connectivity index (χ1) is 7.13. The van der Waals surface area contributed by atoms with Crippen LogP contribution in [-0.2, 0) is 9.59 Å². The first-order valence-corrected chi connectivity index (χ1v) is 5.34. The maximum atomic E-state index is 11.5. The third-order valence-corrected chi connectivity index (χ3v) is 2.80. The lowest BCUT2D eigenvalue weighted by Gasteiger charge is -2.30. The molecule has 3 N–H and O–H groups in total. The van der Waals surface area contributed by atoms with Crippen LogP contribution in [0.1, 0.15) is 19.3 Å². The summed E-state index contributed by atoms with van der Waals surface area (Å²) in [5, 5.41) is 2.47. The van der Waals surface area contributed by atoms with Crippen LogP contribution in [0.3, 0.4) is 0 Å². The van der Waals surface area contributed by atoms with Crippen LogP contribution in [0.4, 0.5) is 0 Å². The van der Waals surface area contributed by atoms with Crippen molar-refractivity contribution in [3.05, 3.63) is 0 Å². The molecule has 0 atom stereocenters. The molecule has 1 saturated carbocycles. The lowest BCUT2D eigenvalue weighted by molar-refractivity contribution is -0.132. The molecular weight excluding hydrogens is 230 g/mol. The van der Waals surface area contributed by atoms with E-state index in [1.807, 2.05) is 0 Å². The van der Waals surface area contributed by atoms with Crippen LogP contribution in [0.15, 0.2) is 0 Å². The number of likely N-dealkylation sites (N-methyl/N-ethyl adjacent to an activating group) is 1. The van der Waals surface area contributed by atoms with Gasteiger partial charge in [-0.25, -0.2) is 0 Å². The Kier molecular flexibility index (Phi) is 7.08. The Morgan fingerprint density at radius 3 is 2.50 bits per heavy atom. The quantitative estimate of drug-likeness (QED) is 0.705. The Bertz CT molecular complexity index is 244. The van der Waals surface area contributed by atoms with E-state index >= 15 is 0 Å². The van der Waals surface area contributed by atoms with Crippen LogP contribution in [0, 0.1) is 5.92 Å². The molecule has 1 fully saturated rings. The molecule has 6 heteroatoms. The second-order valence-corrected chi connectivity index (χ2v) is 4.05. The second-order valence-electron chi connectivity index (χ2n) is 4.05. The van der Waals surface area contributed by atoms with Crippen molar-refractivity contribution in [2.75, 3.05) is 26.7 Å². The molecule has 5 nitrogen and oxygen atoms in total. The monoisotopic (exact) mass is 249 g/mol. The van der Waals surface area contributed by atoms with Crippen molar-refractivity contribution in [1.29, 1.82) is 0 Å². The van der Waals surface area contributed by atoms with Crippen LogP contribution >= 0.6 is 12.4 Å². The van der Waals surface area contributed by atoms with Gasteiger partial charge in [0.1, 0.15) is 0 Å². The van der Waals surface area contributed by atoms with Gasteiger partial charge in [0, 0.05) is 13.6 Å². The van der Waals surface area contributed by atoms with Crippen molar-refractivity contribution >= 4 is 24.2 Å². The first-order valence-electron chi connectivity index (χ1n) is 5.34. The molecule has 0 unspecified atom stereocenters. The van der Waals surface area contributed by atoms with Crippen molar-refractivity contribution in [1.82, 2.24) is 10.2 Å². The normalized spacial score (nSPS) is 14.6. The van der Waals surface area contributed by atoms with Crippen molar-refractivity contribution < 1.29 is 9.59 Å². The highest BCUT2D eigenvalue weighted by molar-refractivity contribution is 5.85. The Balaban J connectivity index is 0.00000225. The van der Waals surface area contributed by atoms with Gasteiger partial charge in [0.2, 0.25) is 11.8 Å². The number of hydrogen-bond acceptors (Lipinski definition) is 3. The summed E-state index contributed by atoms with van der Waals surface area (Å²) in [7, 11) is 1.77. The predicted octanol–water partition coefficient (Wildman–Crippen LogP) is -0.258. The average Bonchev–Trinajstić information content (AvgIpc) is 2.18. The highest BCUT2D eigenvalue weighted by Crippen LogP contribution is 2.26. The first kappa shape index (κ1) is 15.2. The summed E-state index contributed by atoms with van der Waals surface area (Å²) < 4.78 is 0. The summed E-state index contributed by atoms with van der Waals surface area (Å²) in [5.74, 6) is 0.313. The number of amides is 2. The molecule has 1 aliphatic rings. The molecule has 0 saturated heterocycles. The van der Waals surface area contributed by atoms with Gasteiger partial charge in [-0.2, -0.15) is 0 Å². The molecule has 0 aromatic heterocycles. The fraction of sp³-hybridized carbons (Fsp3) is 0.800. The van der Waals surface area contributed by atoms with Gasteiger partial charge in [0.15, 0.2) is 0 Å². The van der Waals surface area contributed by atoms with Crippen LogP contribution in [0.5, 0.6) is 0 Å². The summed E-state index contributed by atoms with van der Waals surface area (Å²) in [6.07, 6.45) is 3.70. The zero-order valence-corrected chi connectivity index (χ0v) is 10.4. The number of carbonyl (C=O) groups excluding carboxylic acids is 2. The lowest BCUT2D eigenvalue weighted by Crippen LogP contribution is -2.42. The summed E-state index contributed by atoms with van der Waals surface area (Å²) in [5.41, 5.74) is 5.11. The van der Waals surface area contributed by atoms with Crippen LogP contribution in [0.2, 0.25) is 0 Å². The van der Waals surface area contributed by atoms with Gasteiger partial charge in [-0.1, -0.05) is 6.42 Å². The van der Waals surface area contributed by atoms with Gasteiger partial charge in [0.25, 0.3) is 0 Å². The zero-order valence-electron chi connectivity index (χ0n) is 9.57. The summed E-state index contributed by atoms with van der Waals surface area (Å²) >= 11 is 0. The number of hydrogen-bond donors (Lipinski definition) is 2. The largest absolute Gasteiger partial charge is 0.346 e. The number of nitrogens with zero attached hydrogens (tertiary/aromatic N) is 1. The number of nitrogens with two attached hydrogens (primary N) is 1. The van der Waals surface area contributed by atoms with E-state index in [4.69, 9.17) is 5.73 Å². The fourth-order valence-electron chi connectivity index (χ4n) is 1.55. The molecule has 16 heavy (non-hydrogen) atoms. The second kappa shape index (κ2) is 7.46. The Morgan fingerprint density at radius 2 is 2.06 bits per heavy atom. The van der Waals surface area contributed by atoms with E-state index in [1.54, 1.807) is 11.9 Å². The van der Waals surface area contributed by atoms with Gasteiger partial charge >= 0.3 is 0 Å². The van der Waals surface area contributed by atoms with E-state index in [-0.39, 0.29) is 37.3 Å². The molecule has 0 radical (unpaired) electrons. The van der Waals surface area contributed by atoms with E-state index in [0.717, 1.165) is 6.54 Å². The number of nitrogens with one attached hydrogen (secondary N) is 1. The van der Waals surface area contributed by atoms with Crippen LogP contribution in [0.25, 0.3) is 0 Å². The summed E-state index contributed by atoms with van der Waals surface area (Å²) in [4.78, 5) is 24.0. The van der Waals surface area contributed by atoms with Gasteiger partial charge in [-0.15, -0.1) is 12.4 Å². The van der Waals surface area contributed by atoms with Gasteiger partial charge in [-0.05, 0) is 18.8 Å². The highest BCUT2D eigenvalue weighted by Gasteiger charge is 2.21. The third kappa shape index (κ3) is 4.81. The van der Waals surface area contributed by atoms with Gasteiger partial charge in [-0.3, -0.25) is 9.59 Å². The third-order valence-electron chi connectivity index (χ3n) is 2.80. The minimum atomic E-state index is -0.291. The highest BCUT2D eigenvalue weighted by atomic mass is 35.5. The molecule has 0 aromatic rings. The average molecular weight is 250 g/mol. The molecule has 0 heterocycles. The van der Waals surface area contributed by atoms with E-state index in [1.165, 1.54) is 19.3 Å². The standard InChI is InChI=1S/C10H19N3O2.ClH/c1-13(7-8-3-2-4-8)10(15)6-12-9(14)5-11;/h8H,2-7,11H2,1H3,(H,12,14);1H. The van der Waals surface area contributed by atoms with Crippen LogP contribution in [-0.4, -0.2) is 43.4 Å². The van der Waals surface area contributed by atoms with E-state index in [9.17, 15) is 9.59 Å². The molecule has 0 spiro atoms. The Labute approximate surface area is 102 Å². The molecule has 1 aliphatic carbocycles. The predicted molar refractivity (Wildman–Crippen MR) is 64.3 cm³/mol. The van der Waals surface area contributed by atoms with Crippen molar-refractivity contribution in [2.45, 2.75) is 19.3 Å². The minimum Gasteiger partial charge on any atom is -0.346 e. The van der Waals surface area contributed by atoms with Crippen molar-refractivity contribution in [3.63, 3.8) is 0 Å². The minimum absolute atomic E-state index is 0. The number of rotatable bonds is 5. The SMILES string of the molecule is CN(CC1CCC1)C(=O)CNC(=O)CN.Cl.